The minimum atomic E-state index is -4.67. The smallest absolute Gasteiger partial charge is 0.416 e. The Morgan fingerprint density at radius 3 is 2.38 bits per heavy atom. The van der Waals surface area contributed by atoms with Crippen LogP contribution in [0.5, 0.6) is 0 Å². The number of hydrogen-bond donors (Lipinski definition) is 2. The summed E-state index contributed by atoms with van der Waals surface area (Å²) in [4.78, 5) is 22.7. The predicted molar refractivity (Wildman–Crippen MR) is 67.9 cm³/mol. The maximum atomic E-state index is 13.0. The van der Waals surface area contributed by atoms with Crippen molar-refractivity contribution < 1.29 is 32.6 Å². The summed E-state index contributed by atoms with van der Waals surface area (Å²) in [6.45, 7) is 0.596. The van der Waals surface area contributed by atoms with Gasteiger partial charge < -0.3 is 15.2 Å². The number of rotatable bonds is 4. The van der Waals surface area contributed by atoms with Crippen molar-refractivity contribution in [3.05, 3.63) is 28.8 Å². The number of nitrogens with one attached hydrogen (secondary N) is 1. The molecule has 0 aliphatic carbocycles. The second-order valence-corrected chi connectivity index (χ2v) is 4.20. The van der Waals surface area contributed by atoms with E-state index in [1.54, 1.807) is 0 Å². The monoisotopic (exact) mass is 305 g/mol. The molecule has 0 unspecified atom stereocenters. The van der Waals surface area contributed by atoms with Crippen molar-refractivity contribution in [3.63, 3.8) is 0 Å². The number of aliphatic hydroxyl groups excluding tert-OH is 1. The molecule has 0 radical (unpaired) electrons. The van der Waals surface area contributed by atoms with Crippen molar-refractivity contribution in [1.29, 1.82) is 0 Å². The summed E-state index contributed by atoms with van der Waals surface area (Å²) in [5, 5.41) is 11.0. The van der Waals surface area contributed by atoms with Gasteiger partial charge in [0.25, 0.3) is 0 Å². The van der Waals surface area contributed by atoms with Gasteiger partial charge in [-0.3, -0.25) is 4.79 Å². The highest BCUT2D eigenvalue weighted by Crippen LogP contribution is 2.36. The van der Waals surface area contributed by atoms with Gasteiger partial charge in [-0.25, -0.2) is 4.79 Å². The molecule has 116 valence electrons. The highest BCUT2D eigenvalue weighted by Gasteiger charge is 2.35. The lowest BCUT2D eigenvalue weighted by Gasteiger charge is -2.17. The van der Waals surface area contributed by atoms with Crippen LogP contribution in [-0.4, -0.2) is 30.7 Å². The lowest BCUT2D eigenvalue weighted by atomic mass is 9.99. The largest absolute Gasteiger partial charge is 0.465 e. The van der Waals surface area contributed by atoms with Crippen LogP contribution in [0.3, 0.4) is 0 Å². The van der Waals surface area contributed by atoms with Crippen molar-refractivity contribution in [1.82, 2.24) is 0 Å². The quantitative estimate of drug-likeness (QED) is 0.834. The van der Waals surface area contributed by atoms with Gasteiger partial charge in [0.1, 0.15) is 0 Å². The number of ether oxygens (including phenoxy) is 1. The average molecular weight is 305 g/mol. The Morgan fingerprint density at radius 1 is 1.33 bits per heavy atom. The molecule has 0 bridgehead atoms. The van der Waals surface area contributed by atoms with Gasteiger partial charge in [-0.15, -0.1) is 0 Å². The number of amides is 1. The molecule has 5 nitrogen and oxygen atoms in total. The second-order valence-electron chi connectivity index (χ2n) is 4.20. The average Bonchev–Trinajstić information content (AvgIpc) is 2.37. The normalized spacial score (nSPS) is 11.1. The number of benzene rings is 1. The summed E-state index contributed by atoms with van der Waals surface area (Å²) in [5.41, 5.74) is -1.76. The third-order valence-electron chi connectivity index (χ3n) is 2.65. The lowest BCUT2D eigenvalue weighted by molar-refractivity contribution is -0.138. The summed E-state index contributed by atoms with van der Waals surface area (Å²) >= 11 is 0. The van der Waals surface area contributed by atoms with Gasteiger partial charge in [-0.2, -0.15) is 13.2 Å². The molecule has 1 aromatic rings. The van der Waals surface area contributed by atoms with Crippen molar-refractivity contribution >= 4 is 17.6 Å². The van der Waals surface area contributed by atoms with Crippen molar-refractivity contribution in [2.24, 2.45) is 0 Å². The van der Waals surface area contributed by atoms with E-state index >= 15 is 0 Å². The minimum Gasteiger partial charge on any atom is -0.465 e. The second kappa shape index (κ2) is 6.57. The predicted octanol–water partition coefficient (Wildman–Crippen LogP) is 1.99. The number of alkyl halides is 3. The molecule has 0 aliphatic rings. The molecule has 1 rings (SSSR count). The first-order valence-electron chi connectivity index (χ1n) is 5.91. The molecule has 1 amide bonds. The Labute approximate surface area is 118 Å². The molecule has 0 spiro atoms. The van der Waals surface area contributed by atoms with Crippen molar-refractivity contribution in [3.8, 4) is 0 Å². The van der Waals surface area contributed by atoms with E-state index in [1.165, 1.54) is 0 Å². The third-order valence-corrected chi connectivity index (χ3v) is 2.65. The molecule has 8 heteroatoms. The molecule has 0 fully saturated rings. The summed E-state index contributed by atoms with van der Waals surface area (Å²) in [6, 6.07) is 1.63. The Balaban J connectivity index is 3.52. The Bertz CT molecular complexity index is 555. The zero-order chi connectivity index (χ0) is 16.2. The number of halogens is 3. The van der Waals surface area contributed by atoms with Gasteiger partial charge in [-0.1, -0.05) is 0 Å². The number of anilines is 1. The van der Waals surface area contributed by atoms with E-state index in [9.17, 15) is 22.8 Å². The van der Waals surface area contributed by atoms with Gasteiger partial charge in [0, 0.05) is 13.5 Å². The first kappa shape index (κ1) is 17.0. The van der Waals surface area contributed by atoms with E-state index in [4.69, 9.17) is 5.11 Å². The van der Waals surface area contributed by atoms with Crippen LogP contribution in [0.25, 0.3) is 0 Å². The fourth-order valence-corrected chi connectivity index (χ4v) is 1.81. The number of carbonyl (C=O) groups is 2. The standard InChI is InChI=1S/C13H14F3NO4/c1-7(19)17-11-6-10(13(14,15)16)8(3-4-18)5-9(11)12(20)21-2/h5-6,18H,3-4H2,1-2H3,(H,17,19). The van der Waals surface area contributed by atoms with Crippen LogP contribution in [0.2, 0.25) is 0 Å². The Morgan fingerprint density at radius 2 is 1.95 bits per heavy atom. The first-order chi connectivity index (χ1) is 9.70. The van der Waals surface area contributed by atoms with E-state index in [-0.39, 0.29) is 23.2 Å². The van der Waals surface area contributed by atoms with Crippen molar-refractivity contribution in [2.75, 3.05) is 19.0 Å². The maximum absolute atomic E-state index is 13.0. The summed E-state index contributed by atoms with van der Waals surface area (Å²) in [5.74, 6) is -1.50. The number of hydrogen-bond acceptors (Lipinski definition) is 4. The summed E-state index contributed by atoms with van der Waals surface area (Å²) < 4.78 is 43.5. The first-order valence-corrected chi connectivity index (χ1v) is 5.91. The van der Waals surface area contributed by atoms with E-state index in [2.05, 4.69) is 10.1 Å². The summed E-state index contributed by atoms with van der Waals surface area (Å²) in [7, 11) is 1.07. The van der Waals surface area contributed by atoms with E-state index < -0.39 is 30.2 Å². The van der Waals surface area contributed by atoms with E-state index in [0.717, 1.165) is 20.1 Å². The van der Waals surface area contributed by atoms with Gasteiger partial charge >= 0.3 is 12.1 Å². The third kappa shape index (κ3) is 4.19. The molecule has 0 aliphatic heterocycles. The highest BCUT2D eigenvalue weighted by molar-refractivity contribution is 6.01. The van der Waals surface area contributed by atoms with Crippen LogP contribution < -0.4 is 5.32 Å². The molecular weight excluding hydrogens is 291 g/mol. The molecule has 0 atom stereocenters. The number of aliphatic hydroxyl groups is 1. The van der Waals surface area contributed by atoms with E-state index in [1.807, 2.05) is 0 Å². The number of methoxy groups -OCH3 is 1. The Kier molecular flexibility index (Phi) is 5.31. The van der Waals surface area contributed by atoms with Crippen LogP contribution in [0, 0.1) is 0 Å². The molecule has 0 aromatic heterocycles. The van der Waals surface area contributed by atoms with Crippen LogP contribution >= 0.6 is 0 Å². The van der Waals surface area contributed by atoms with E-state index in [0.29, 0.717) is 6.07 Å². The zero-order valence-corrected chi connectivity index (χ0v) is 11.4. The molecule has 2 N–H and O–H groups in total. The van der Waals surface area contributed by atoms with Crippen LogP contribution in [0.4, 0.5) is 18.9 Å². The summed E-state index contributed by atoms with van der Waals surface area (Å²) in [6.07, 6.45) is -4.95. The topological polar surface area (TPSA) is 75.6 Å². The number of esters is 1. The van der Waals surface area contributed by atoms with Gasteiger partial charge in [-0.05, 0) is 24.1 Å². The molecular formula is C13H14F3NO4. The molecule has 21 heavy (non-hydrogen) atoms. The zero-order valence-electron chi connectivity index (χ0n) is 11.4. The maximum Gasteiger partial charge on any atom is 0.416 e. The highest BCUT2D eigenvalue weighted by atomic mass is 19.4. The van der Waals surface area contributed by atoms with Crippen molar-refractivity contribution in [2.45, 2.75) is 19.5 Å². The van der Waals surface area contributed by atoms with Crippen LogP contribution in [0.1, 0.15) is 28.4 Å². The molecule has 0 saturated carbocycles. The number of carbonyl (C=O) groups excluding carboxylic acids is 2. The fourth-order valence-electron chi connectivity index (χ4n) is 1.81. The molecule has 0 heterocycles. The SMILES string of the molecule is COC(=O)c1cc(CCO)c(C(F)(F)F)cc1NC(C)=O. The fraction of sp³-hybridized carbons (Fsp3) is 0.385. The minimum absolute atomic E-state index is 0.204. The van der Waals surface area contributed by atoms with Gasteiger partial charge in [0.2, 0.25) is 5.91 Å². The van der Waals surface area contributed by atoms with Crippen LogP contribution in [0.15, 0.2) is 12.1 Å². The van der Waals surface area contributed by atoms with Gasteiger partial charge in [0.15, 0.2) is 0 Å². The molecule has 1 aromatic carbocycles. The van der Waals surface area contributed by atoms with Gasteiger partial charge in [0.05, 0.1) is 23.9 Å². The Hall–Kier alpha value is -2.09. The molecule has 0 saturated heterocycles. The van der Waals surface area contributed by atoms with Crippen LogP contribution in [-0.2, 0) is 22.1 Å². The lowest BCUT2D eigenvalue weighted by Crippen LogP contribution is -2.17.